The van der Waals surface area contributed by atoms with Crippen molar-refractivity contribution in [1.82, 2.24) is 20.1 Å². The van der Waals surface area contributed by atoms with Crippen LogP contribution in [0.4, 0.5) is 11.4 Å². The van der Waals surface area contributed by atoms with E-state index in [1.165, 1.54) is 16.4 Å². The zero-order valence-electron chi connectivity index (χ0n) is 21.0. The van der Waals surface area contributed by atoms with Gasteiger partial charge in [0.2, 0.25) is 0 Å². The molecule has 3 N–H and O–H groups in total. The number of unbranched alkanes of at least 4 members (excludes halogenated alkanes) is 1. The molecule has 2 aliphatic heterocycles. The van der Waals surface area contributed by atoms with E-state index in [1.807, 2.05) is 0 Å². The van der Waals surface area contributed by atoms with Crippen LogP contribution in [0.1, 0.15) is 23.3 Å². The number of carbonyl (C=O) groups is 1. The first-order valence-electron chi connectivity index (χ1n) is 12.9. The highest BCUT2D eigenvalue weighted by Gasteiger charge is 2.28. The minimum Gasteiger partial charge on any atom is -0.397 e. The molecule has 3 heterocycles. The molecule has 7 nitrogen and oxygen atoms in total. The number of nitrogens with one attached hydrogen (secondary N) is 1. The average Bonchev–Trinajstić information content (AvgIpc) is 3.40. The number of benzene rings is 2. The molecule has 1 aromatic heterocycles. The molecule has 1 saturated heterocycles. The number of hydrogen-bond acceptors (Lipinski definition) is 6. The molecule has 1 fully saturated rings. The van der Waals surface area contributed by atoms with Crippen LogP contribution >= 0.6 is 10.7 Å². The number of anilines is 2. The summed E-state index contributed by atoms with van der Waals surface area (Å²) in [7, 11) is -0.133. The van der Waals surface area contributed by atoms with Crippen LogP contribution in [0, 0.1) is 0 Å². The molecule has 5 rings (SSSR count). The molecule has 3 aromatic rings. The van der Waals surface area contributed by atoms with Gasteiger partial charge in [0, 0.05) is 43.8 Å². The number of nitrogen functional groups attached to an aromatic ring is 1. The van der Waals surface area contributed by atoms with E-state index in [1.54, 1.807) is 18.3 Å². The minimum absolute atomic E-state index is 0.133. The Morgan fingerprint density at radius 3 is 2.38 bits per heavy atom. The molecule has 1 atom stereocenters. The maximum Gasteiger partial charge on any atom is 0.272 e. The van der Waals surface area contributed by atoms with Gasteiger partial charge in [-0.05, 0) is 67.2 Å². The summed E-state index contributed by atoms with van der Waals surface area (Å²) >= 11 is 0. The lowest BCUT2D eigenvalue weighted by Gasteiger charge is -2.40. The molecule has 2 aromatic carbocycles. The molecule has 0 bridgehead atoms. The van der Waals surface area contributed by atoms with Gasteiger partial charge in [0.25, 0.3) is 5.91 Å². The van der Waals surface area contributed by atoms with Crippen molar-refractivity contribution in [3.8, 4) is 0 Å². The van der Waals surface area contributed by atoms with Gasteiger partial charge >= 0.3 is 0 Å². The summed E-state index contributed by atoms with van der Waals surface area (Å²) in [4.78, 5) is 22.7. The van der Waals surface area contributed by atoms with Crippen LogP contribution in [0.3, 0.4) is 0 Å². The summed E-state index contributed by atoms with van der Waals surface area (Å²) in [6.45, 7) is 5.75. The lowest BCUT2D eigenvalue weighted by atomic mass is 10.2. The van der Waals surface area contributed by atoms with Crippen molar-refractivity contribution in [2.24, 2.45) is 0 Å². The number of rotatable bonds is 9. The van der Waals surface area contributed by atoms with Crippen LogP contribution in [0.15, 0.2) is 95.8 Å². The molecular formula is C29H34N6OS. The quantitative estimate of drug-likeness (QED) is 0.329. The summed E-state index contributed by atoms with van der Waals surface area (Å²) in [6, 6.07) is 24.9. The predicted octanol–water partition coefficient (Wildman–Crippen LogP) is 4.20. The highest BCUT2D eigenvalue weighted by Crippen LogP contribution is 2.42. The first kappa shape index (κ1) is 25.0. The standard InChI is InChI=1S/C29H34N6OS/c30-26-14-9-17-31-28(26)29(36)32-16-7-8-18-33-19-21-34(22-20-33)27-15-23-37(25-12-5-2-6-13-25)35(27)24-10-3-1-4-11-24/h1-6,9-15,17,23H,7-8,16,18-22,30H2,(H,32,36). The van der Waals surface area contributed by atoms with Gasteiger partial charge in [-0.15, -0.1) is 0 Å². The third-order valence-corrected chi connectivity index (χ3v) is 8.60. The topological polar surface area (TPSA) is 77.7 Å². The summed E-state index contributed by atoms with van der Waals surface area (Å²) in [5.74, 6) is 1.08. The second-order valence-corrected chi connectivity index (χ2v) is 10.9. The van der Waals surface area contributed by atoms with Gasteiger partial charge in [0.05, 0.1) is 11.4 Å². The van der Waals surface area contributed by atoms with E-state index in [-0.39, 0.29) is 16.6 Å². The Labute approximate surface area is 221 Å². The van der Waals surface area contributed by atoms with Crippen LogP contribution in [-0.2, 0) is 0 Å². The van der Waals surface area contributed by atoms with Gasteiger partial charge in [-0.2, -0.15) is 0 Å². The smallest absolute Gasteiger partial charge is 0.272 e. The number of piperazine rings is 1. The zero-order valence-corrected chi connectivity index (χ0v) is 21.8. The second-order valence-electron chi connectivity index (χ2n) is 9.15. The summed E-state index contributed by atoms with van der Waals surface area (Å²) in [6.07, 6.45) is 5.87. The van der Waals surface area contributed by atoms with E-state index in [0.717, 1.165) is 45.6 Å². The number of nitrogens with two attached hydrogens (primary N) is 1. The van der Waals surface area contributed by atoms with Gasteiger partial charge in [-0.1, -0.05) is 47.1 Å². The van der Waals surface area contributed by atoms with Gasteiger partial charge < -0.3 is 16.0 Å². The van der Waals surface area contributed by atoms with Crippen LogP contribution in [0.25, 0.3) is 0 Å². The highest BCUT2D eigenvalue weighted by atomic mass is 32.2. The van der Waals surface area contributed by atoms with Gasteiger partial charge in [-0.25, -0.2) is 4.98 Å². The van der Waals surface area contributed by atoms with Crippen molar-refractivity contribution in [2.45, 2.75) is 17.7 Å². The van der Waals surface area contributed by atoms with Crippen LogP contribution in [-0.4, -0.2) is 65.3 Å². The Bertz CT molecular complexity index is 1260. The van der Waals surface area contributed by atoms with Crippen molar-refractivity contribution in [3.63, 3.8) is 0 Å². The molecule has 1 unspecified atom stereocenters. The number of carbonyl (C=O) groups excluding carboxylic acids is 1. The van der Waals surface area contributed by atoms with E-state index in [0.29, 0.717) is 17.9 Å². The van der Waals surface area contributed by atoms with Gasteiger partial charge in [0.1, 0.15) is 5.82 Å². The number of para-hydroxylation sites is 1. The monoisotopic (exact) mass is 514 g/mol. The van der Waals surface area contributed by atoms with Crippen molar-refractivity contribution in [2.75, 3.05) is 49.3 Å². The SMILES string of the molecule is Nc1cccnc1C(=O)NCCCCN1CCN(C2=CC=S(c3ccccc3)N2c2ccccc2)CC1. The van der Waals surface area contributed by atoms with Crippen LogP contribution < -0.4 is 15.4 Å². The van der Waals surface area contributed by atoms with E-state index in [4.69, 9.17) is 5.73 Å². The van der Waals surface area contributed by atoms with Crippen molar-refractivity contribution in [1.29, 1.82) is 0 Å². The van der Waals surface area contributed by atoms with Crippen LogP contribution in [0.2, 0.25) is 0 Å². The highest BCUT2D eigenvalue weighted by molar-refractivity contribution is 8.16. The maximum absolute atomic E-state index is 12.3. The largest absolute Gasteiger partial charge is 0.397 e. The molecule has 0 saturated carbocycles. The van der Waals surface area contributed by atoms with Gasteiger partial charge in [0.15, 0.2) is 5.69 Å². The van der Waals surface area contributed by atoms with Crippen molar-refractivity contribution in [3.05, 3.63) is 96.6 Å². The number of amides is 1. The third-order valence-electron chi connectivity index (χ3n) is 6.66. The van der Waals surface area contributed by atoms with E-state index >= 15 is 0 Å². The fourth-order valence-corrected chi connectivity index (χ4v) is 6.60. The molecule has 1 amide bonds. The Morgan fingerprint density at radius 1 is 0.919 bits per heavy atom. The molecule has 2 aliphatic rings. The Kier molecular flexibility index (Phi) is 8.18. The third kappa shape index (κ3) is 6.03. The lowest BCUT2D eigenvalue weighted by Crippen LogP contribution is -2.48. The molecule has 8 heteroatoms. The maximum atomic E-state index is 12.3. The number of pyridine rings is 1. The number of hydrogen-bond donors (Lipinski definition) is 2. The number of nitrogens with zero attached hydrogens (tertiary/aromatic N) is 4. The Hall–Kier alpha value is -3.62. The molecule has 37 heavy (non-hydrogen) atoms. The van der Waals surface area contributed by atoms with E-state index < -0.39 is 0 Å². The normalized spacial score (nSPS) is 17.8. The lowest BCUT2D eigenvalue weighted by molar-refractivity contribution is 0.0948. The number of aromatic nitrogens is 1. The fraction of sp³-hybridized carbons (Fsp3) is 0.276. The first-order chi connectivity index (χ1) is 18.2. The summed E-state index contributed by atoms with van der Waals surface area (Å²) < 4.78 is 2.49. The Balaban J connectivity index is 1.10. The van der Waals surface area contributed by atoms with Crippen molar-refractivity contribution >= 4 is 33.3 Å². The first-order valence-corrected chi connectivity index (χ1v) is 14.1. The van der Waals surface area contributed by atoms with Crippen LogP contribution in [0.5, 0.6) is 0 Å². The zero-order chi connectivity index (χ0) is 25.5. The molecule has 0 radical (unpaired) electrons. The average molecular weight is 515 g/mol. The second kappa shape index (κ2) is 12.1. The van der Waals surface area contributed by atoms with Crippen molar-refractivity contribution < 1.29 is 4.79 Å². The van der Waals surface area contributed by atoms with Gasteiger partial charge in [-0.3, -0.25) is 14.0 Å². The molecule has 0 aliphatic carbocycles. The Morgan fingerprint density at radius 2 is 1.65 bits per heavy atom. The van der Waals surface area contributed by atoms with E-state index in [2.05, 4.69) is 96.5 Å². The summed E-state index contributed by atoms with van der Waals surface area (Å²) in [5, 5.41) is 5.28. The fourth-order valence-electron chi connectivity index (χ4n) is 4.70. The summed E-state index contributed by atoms with van der Waals surface area (Å²) in [5.41, 5.74) is 7.78. The molecular weight excluding hydrogens is 480 g/mol. The predicted molar refractivity (Wildman–Crippen MR) is 154 cm³/mol. The van der Waals surface area contributed by atoms with E-state index in [9.17, 15) is 4.79 Å². The minimum atomic E-state index is -0.203. The number of allylic oxidation sites excluding steroid dienone is 1. The molecule has 0 spiro atoms. The molecule has 192 valence electrons.